The Bertz CT molecular complexity index is 1280. The van der Waals surface area contributed by atoms with Gasteiger partial charge in [0.2, 0.25) is 5.78 Å². The van der Waals surface area contributed by atoms with E-state index in [9.17, 15) is 14.7 Å². The van der Waals surface area contributed by atoms with Gasteiger partial charge in [0.1, 0.15) is 12.4 Å². The highest BCUT2D eigenvalue weighted by Crippen LogP contribution is 2.41. The molecule has 1 atom stereocenters. The van der Waals surface area contributed by atoms with Crippen molar-refractivity contribution in [2.45, 2.75) is 19.6 Å². The number of carbonyl (C=O) groups excluding carboxylic acids is 2. The summed E-state index contributed by atoms with van der Waals surface area (Å²) in [5, 5.41) is 10.8. The van der Waals surface area contributed by atoms with Crippen LogP contribution in [0.5, 0.6) is 11.5 Å². The third-order valence-electron chi connectivity index (χ3n) is 6.04. The quantitative estimate of drug-likeness (QED) is 0.423. The number of methoxy groups -OCH3 is 1. The molecule has 1 amide bonds. The number of aliphatic hydroxyl groups is 1. The van der Waals surface area contributed by atoms with Crippen LogP contribution < -0.4 is 9.47 Å². The molecule has 0 fully saturated rings. The summed E-state index contributed by atoms with van der Waals surface area (Å²) in [7, 11) is 5.31. The molecule has 1 unspecified atom stereocenters. The van der Waals surface area contributed by atoms with E-state index in [-0.39, 0.29) is 11.3 Å². The number of Topliss-reactive ketones (excluding diaryl/α,β-unsaturated/α-hetero) is 1. The van der Waals surface area contributed by atoms with Gasteiger partial charge in [-0.1, -0.05) is 36.4 Å². The van der Waals surface area contributed by atoms with Gasteiger partial charge in [-0.05, 0) is 56.4 Å². The fraction of sp³-hybridized carbons (Fsp3) is 0.286. The summed E-state index contributed by atoms with van der Waals surface area (Å²) < 4.78 is 17.1. The zero-order valence-electron chi connectivity index (χ0n) is 20.9. The summed E-state index contributed by atoms with van der Waals surface area (Å²) in [6.07, 6.45) is 0. The molecule has 0 spiro atoms. The summed E-state index contributed by atoms with van der Waals surface area (Å²) in [6.45, 7) is 2.94. The molecule has 8 heteroatoms. The Morgan fingerprint density at radius 2 is 1.83 bits per heavy atom. The first-order valence-electron chi connectivity index (χ1n) is 11.6. The molecular formula is C28H30N2O6. The minimum atomic E-state index is -0.813. The highest BCUT2D eigenvalue weighted by Gasteiger charge is 2.44. The minimum absolute atomic E-state index is 0.0203. The van der Waals surface area contributed by atoms with Crippen LogP contribution in [0.2, 0.25) is 0 Å². The number of furan rings is 1. The van der Waals surface area contributed by atoms with Crippen molar-refractivity contribution in [2.24, 2.45) is 0 Å². The highest BCUT2D eigenvalue weighted by molar-refractivity contribution is 6.15. The predicted molar refractivity (Wildman–Crippen MR) is 134 cm³/mol. The van der Waals surface area contributed by atoms with Crippen molar-refractivity contribution in [1.29, 1.82) is 0 Å². The van der Waals surface area contributed by atoms with Crippen LogP contribution in [0, 0.1) is 6.92 Å². The molecular weight excluding hydrogens is 460 g/mol. The average molecular weight is 491 g/mol. The van der Waals surface area contributed by atoms with Crippen molar-refractivity contribution in [2.75, 3.05) is 34.3 Å². The first-order valence-corrected chi connectivity index (χ1v) is 11.6. The Balaban J connectivity index is 1.70. The summed E-state index contributed by atoms with van der Waals surface area (Å²) in [5.41, 5.74) is 1.60. The summed E-state index contributed by atoms with van der Waals surface area (Å²) in [6, 6.07) is 17.4. The van der Waals surface area contributed by atoms with E-state index in [0.717, 1.165) is 5.56 Å². The number of hydrogen-bond donors (Lipinski definition) is 1. The topological polar surface area (TPSA) is 92.5 Å². The van der Waals surface area contributed by atoms with Crippen LogP contribution in [0.4, 0.5) is 0 Å². The van der Waals surface area contributed by atoms with E-state index >= 15 is 0 Å². The van der Waals surface area contributed by atoms with Gasteiger partial charge in [-0.3, -0.25) is 9.59 Å². The fourth-order valence-electron chi connectivity index (χ4n) is 4.17. The van der Waals surface area contributed by atoms with E-state index in [1.807, 2.05) is 49.3 Å². The number of carbonyl (C=O) groups is 2. The normalized spacial score (nSPS) is 15.6. The third-order valence-corrected chi connectivity index (χ3v) is 6.04. The summed E-state index contributed by atoms with van der Waals surface area (Å²) >= 11 is 0. The van der Waals surface area contributed by atoms with Crippen molar-refractivity contribution in [3.63, 3.8) is 0 Å². The van der Waals surface area contributed by atoms with Gasteiger partial charge in [-0.15, -0.1) is 0 Å². The largest absolute Gasteiger partial charge is 0.503 e. The zero-order valence-corrected chi connectivity index (χ0v) is 20.9. The molecule has 188 valence electrons. The average Bonchev–Trinajstić information content (AvgIpc) is 3.42. The van der Waals surface area contributed by atoms with Crippen molar-refractivity contribution < 1.29 is 28.6 Å². The molecule has 1 N–H and O–H groups in total. The first-order chi connectivity index (χ1) is 17.3. The van der Waals surface area contributed by atoms with Crippen LogP contribution in [0.15, 0.2) is 76.4 Å². The standard InChI is InChI=1S/C28H30N2O6/c1-18-10-12-22(36-18)26(31)24-25(30(15-14-29(2)3)28(33)27(24)32)20-11-13-21(23(16-20)34-4)35-17-19-8-6-5-7-9-19/h5-13,16,25,32H,14-15,17H2,1-4H3. The van der Waals surface area contributed by atoms with Crippen LogP contribution >= 0.6 is 0 Å². The van der Waals surface area contributed by atoms with Gasteiger partial charge in [0, 0.05) is 13.1 Å². The Morgan fingerprint density at radius 1 is 1.08 bits per heavy atom. The molecule has 1 aliphatic rings. The lowest BCUT2D eigenvalue weighted by atomic mass is 9.94. The molecule has 2 aromatic carbocycles. The number of hydrogen-bond acceptors (Lipinski definition) is 7. The lowest BCUT2D eigenvalue weighted by Gasteiger charge is -2.28. The number of rotatable bonds is 10. The maximum atomic E-state index is 13.4. The van der Waals surface area contributed by atoms with Crippen molar-refractivity contribution in [3.05, 3.63) is 94.6 Å². The molecule has 36 heavy (non-hydrogen) atoms. The Morgan fingerprint density at radius 3 is 2.47 bits per heavy atom. The maximum absolute atomic E-state index is 13.4. The zero-order chi connectivity index (χ0) is 25.8. The van der Waals surface area contributed by atoms with Gasteiger partial charge in [-0.25, -0.2) is 0 Å². The number of ether oxygens (including phenoxy) is 2. The maximum Gasteiger partial charge on any atom is 0.290 e. The Hall–Kier alpha value is -4.04. The summed E-state index contributed by atoms with van der Waals surface area (Å²) in [4.78, 5) is 29.9. The van der Waals surface area contributed by atoms with Crippen molar-refractivity contribution in [3.8, 4) is 11.5 Å². The molecule has 1 aromatic heterocycles. The number of aliphatic hydroxyl groups excluding tert-OH is 1. The van der Waals surface area contributed by atoms with Crippen LogP contribution in [-0.4, -0.2) is 60.9 Å². The third kappa shape index (κ3) is 5.13. The van der Waals surface area contributed by atoms with E-state index < -0.39 is 23.5 Å². The number of ketones is 1. The Labute approximate surface area is 210 Å². The second-order valence-electron chi connectivity index (χ2n) is 8.89. The Kier molecular flexibility index (Phi) is 7.45. The lowest BCUT2D eigenvalue weighted by Crippen LogP contribution is -2.36. The number of aryl methyl sites for hydroxylation is 1. The van der Waals surface area contributed by atoms with Crippen molar-refractivity contribution >= 4 is 11.7 Å². The van der Waals surface area contributed by atoms with Gasteiger partial charge in [0.15, 0.2) is 23.0 Å². The first kappa shape index (κ1) is 25.1. The van der Waals surface area contributed by atoms with Gasteiger partial charge in [0.25, 0.3) is 5.91 Å². The van der Waals surface area contributed by atoms with Gasteiger partial charge in [0.05, 0.1) is 18.7 Å². The van der Waals surface area contributed by atoms with E-state index in [1.165, 1.54) is 12.0 Å². The SMILES string of the molecule is COc1cc(C2C(C(=O)c3ccc(C)o3)=C(O)C(=O)N2CCN(C)C)ccc1OCc1ccccc1. The van der Waals surface area contributed by atoms with Crippen LogP contribution in [0.1, 0.15) is 33.5 Å². The second-order valence-corrected chi connectivity index (χ2v) is 8.89. The van der Waals surface area contributed by atoms with Gasteiger partial charge >= 0.3 is 0 Å². The van der Waals surface area contributed by atoms with Crippen LogP contribution in [-0.2, 0) is 11.4 Å². The predicted octanol–water partition coefficient (Wildman–Crippen LogP) is 4.32. The van der Waals surface area contributed by atoms with Gasteiger partial charge < -0.3 is 28.8 Å². The molecule has 4 rings (SSSR count). The number of likely N-dealkylation sites (N-methyl/N-ethyl adjacent to an activating group) is 1. The summed E-state index contributed by atoms with van der Waals surface area (Å²) in [5.74, 6) is -0.0957. The van der Waals surface area contributed by atoms with E-state index in [0.29, 0.717) is 42.5 Å². The smallest absolute Gasteiger partial charge is 0.290 e. The van der Waals surface area contributed by atoms with Crippen LogP contribution in [0.25, 0.3) is 0 Å². The van der Waals surface area contributed by atoms with Gasteiger partial charge in [-0.2, -0.15) is 0 Å². The van der Waals surface area contributed by atoms with Crippen molar-refractivity contribution in [1.82, 2.24) is 9.80 Å². The van der Waals surface area contributed by atoms with E-state index in [1.54, 1.807) is 37.3 Å². The molecule has 2 heterocycles. The highest BCUT2D eigenvalue weighted by atomic mass is 16.5. The van der Waals surface area contributed by atoms with E-state index in [2.05, 4.69) is 0 Å². The molecule has 0 radical (unpaired) electrons. The number of benzene rings is 2. The monoisotopic (exact) mass is 490 g/mol. The molecule has 0 saturated heterocycles. The number of amides is 1. The van der Waals surface area contributed by atoms with E-state index in [4.69, 9.17) is 13.9 Å². The molecule has 0 saturated carbocycles. The second kappa shape index (κ2) is 10.7. The fourth-order valence-corrected chi connectivity index (χ4v) is 4.17. The minimum Gasteiger partial charge on any atom is -0.503 e. The molecule has 8 nitrogen and oxygen atoms in total. The lowest BCUT2D eigenvalue weighted by molar-refractivity contribution is -0.129. The van der Waals surface area contributed by atoms with Crippen LogP contribution in [0.3, 0.4) is 0 Å². The molecule has 1 aliphatic heterocycles. The number of nitrogens with zero attached hydrogens (tertiary/aromatic N) is 2. The molecule has 0 bridgehead atoms. The molecule has 0 aliphatic carbocycles. The molecule has 3 aromatic rings.